The highest BCUT2D eigenvalue weighted by Crippen LogP contribution is 2.17. The van der Waals surface area contributed by atoms with E-state index >= 15 is 0 Å². The van der Waals surface area contributed by atoms with Gasteiger partial charge in [-0.1, -0.05) is 12.1 Å². The molecule has 0 saturated carbocycles. The summed E-state index contributed by atoms with van der Waals surface area (Å²) in [5.41, 5.74) is 1.84. The second kappa shape index (κ2) is 3.99. The summed E-state index contributed by atoms with van der Waals surface area (Å²) < 4.78 is 12.2. The highest BCUT2D eigenvalue weighted by Gasteiger charge is 2.24. The molecule has 0 amide bonds. The third kappa shape index (κ3) is 1.66. The number of rotatable bonds is 2. The number of nitrogens with zero attached hydrogens (tertiary/aromatic N) is 1. The number of hydrogen-bond donors (Lipinski definition) is 2. The van der Waals surface area contributed by atoms with Gasteiger partial charge in [0.25, 0.3) is 0 Å². The summed E-state index contributed by atoms with van der Waals surface area (Å²) in [6.45, 7) is 1.78. The Bertz CT molecular complexity index is 498. The second-order valence-corrected chi connectivity index (χ2v) is 5.62. The van der Waals surface area contributed by atoms with Gasteiger partial charge in [0, 0.05) is 6.54 Å². The van der Waals surface area contributed by atoms with Gasteiger partial charge in [-0.05, 0) is 25.1 Å². The van der Waals surface area contributed by atoms with Crippen LogP contribution < -0.4 is 5.32 Å². The van der Waals surface area contributed by atoms with Gasteiger partial charge < -0.3 is 10.3 Å². The Balaban J connectivity index is 1.96. The maximum atomic E-state index is 12.2. The molecule has 1 aliphatic rings. The summed E-state index contributed by atoms with van der Waals surface area (Å²) in [7, 11) is -1.02. The van der Waals surface area contributed by atoms with Crippen molar-refractivity contribution >= 4 is 21.8 Å². The lowest BCUT2D eigenvalue weighted by Gasteiger charge is -2.04. The lowest BCUT2D eigenvalue weighted by molar-refractivity contribution is 0.666. The number of imidazole rings is 1. The summed E-state index contributed by atoms with van der Waals surface area (Å²) in [4.78, 5) is 7.51. The van der Waals surface area contributed by atoms with Crippen molar-refractivity contribution in [2.75, 3.05) is 13.1 Å². The fraction of sp³-hybridized carbons (Fsp3) is 0.364. The Hall–Kier alpha value is -1.20. The van der Waals surface area contributed by atoms with Crippen molar-refractivity contribution in [2.45, 2.75) is 16.8 Å². The molecule has 0 aliphatic carbocycles. The zero-order valence-electron chi connectivity index (χ0n) is 8.77. The van der Waals surface area contributed by atoms with E-state index in [9.17, 15) is 4.21 Å². The fourth-order valence-electron chi connectivity index (χ4n) is 1.99. The summed E-state index contributed by atoms with van der Waals surface area (Å²) in [6.07, 6.45) is 0.962. The minimum Gasteiger partial charge on any atom is -0.331 e. The largest absolute Gasteiger partial charge is 0.331 e. The number of fused-ring (bicyclic) bond motifs is 1. The van der Waals surface area contributed by atoms with Gasteiger partial charge in [-0.25, -0.2) is 4.98 Å². The van der Waals surface area contributed by atoms with Gasteiger partial charge in [-0.3, -0.25) is 4.21 Å². The quantitative estimate of drug-likeness (QED) is 0.817. The number of aromatic amines is 1. The Morgan fingerprint density at radius 1 is 1.38 bits per heavy atom. The van der Waals surface area contributed by atoms with Crippen LogP contribution in [-0.2, 0) is 10.8 Å². The van der Waals surface area contributed by atoms with E-state index in [2.05, 4.69) is 15.3 Å². The van der Waals surface area contributed by atoms with Crippen molar-refractivity contribution in [3.8, 4) is 0 Å². The lowest BCUT2D eigenvalue weighted by atomic mass is 10.3. The minimum atomic E-state index is -1.02. The molecule has 1 saturated heterocycles. The summed E-state index contributed by atoms with van der Waals surface area (Å²) in [6, 6.07) is 7.77. The van der Waals surface area contributed by atoms with Crippen LogP contribution in [0.1, 0.15) is 6.42 Å². The second-order valence-electron chi connectivity index (χ2n) is 3.97. The molecule has 1 fully saturated rings. The molecule has 84 valence electrons. The number of para-hydroxylation sites is 2. The molecule has 4 nitrogen and oxygen atoms in total. The molecule has 1 unspecified atom stereocenters. The van der Waals surface area contributed by atoms with E-state index in [-0.39, 0.29) is 5.25 Å². The third-order valence-corrected chi connectivity index (χ3v) is 4.46. The van der Waals surface area contributed by atoms with Crippen LogP contribution in [0.4, 0.5) is 0 Å². The van der Waals surface area contributed by atoms with Gasteiger partial charge in [-0.15, -0.1) is 0 Å². The van der Waals surface area contributed by atoms with E-state index in [1.165, 1.54) is 0 Å². The molecule has 1 aromatic heterocycles. The Morgan fingerprint density at radius 2 is 2.25 bits per heavy atom. The highest BCUT2D eigenvalue weighted by molar-refractivity contribution is 7.85. The summed E-state index contributed by atoms with van der Waals surface area (Å²) >= 11 is 0. The predicted molar refractivity (Wildman–Crippen MR) is 63.8 cm³/mol. The third-order valence-electron chi connectivity index (χ3n) is 2.88. The Kier molecular flexibility index (Phi) is 2.49. The molecule has 16 heavy (non-hydrogen) atoms. The molecule has 2 atom stereocenters. The molecule has 0 radical (unpaired) electrons. The van der Waals surface area contributed by atoms with Crippen LogP contribution in [0.2, 0.25) is 0 Å². The van der Waals surface area contributed by atoms with Gasteiger partial charge in [0.2, 0.25) is 0 Å². The number of hydrogen-bond acceptors (Lipinski definition) is 3. The average molecular weight is 235 g/mol. The van der Waals surface area contributed by atoms with Crippen LogP contribution >= 0.6 is 0 Å². The number of benzene rings is 1. The van der Waals surface area contributed by atoms with Crippen LogP contribution in [0.5, 0.6) is 0 Å². The maximum absolute atomic E-state index is 12.2. The van der Waals surface area contributed by atoms with Crippen molar-refractivity contribution in [1.82, 2.24) is 15.3 Å². The van der Waals surface area contributed by atoms with Crippen molar-refractivity contribution in [3.05, 3.63) is 24.3 Å². The smallest absolute Gasteiger partial charge is 0.197 e. The van der Waals surface area contributed by atoms with Crippen LogP contribution in [0.15, 0.2) is 29.4 Å². The van der Waals surface area contributed by atoms with E-state index in [1.54, 1.807) is 0 Å². The summed E-state index contributed by atoms with van der Waals surface area (Å²) in [5.74, 6) is 0. The van der Waals surface area contributed by atoms with E-state index in [1.807, 2.05) is 24.3 Å². The van der Waals surface area contributed by atoms with Gasteiger partial charge in [0.05, 0.1) is 27.1 Å². The van der Waals surface area contributed by atoms with Crippen molar-refractivity contribution in [3.63, 3.8) is 0 Å². The molecule has 2 N–H and O–H groups in total. The first-order chi connectivity index (χ1) is 7.84. The normalized spacial score (nSPS) is 22.6. The van der Waals surface area contributed by atoms with Crippen molar-refractivity contribution in [1.29, 1.82) is 0 Å². The minimum absolute atomic E-state index is 0.195. The lowest BCUT2D eigenvalue weighted by Crippen LogP contribution is -2.19. The SMILES string of the molecule is O=S(c1nc2ccccc2[nH]1)[C@@H]1CCNC1. The molecule has 0 bridgehead atoms. The Labute approximate surface area is 95.9 Å². The highest BCUT2D eigenvalue weighted by atomic mass is 32.2. The number of nitrogens with one attached hydrogen (secondary N) is 2. The van der Waals surface area contributed by atoms with E-state index in [4.69, 9.17) is 0 Å². The standard InChI is InChI=1S/C11H13N3OS/c15-16(8-5-6-12-7-8)11-13-9-3-1-2-4-10(9)14-11/h1-4,8,12H,5-7H2,(H,13,14)/t8-,16?/m1/s1. The first-order valence-corrected chi connectivity index (χ1v) is 6.62. The number of H-pyrrole nitrogens is 1. The van der Waals surface area contributed by atoms with E-state index in [0.29, 0.717) is 5.16 Å². The van der Waals surface area contributed by atoms with Crippen molar-refractivity contribution in [2.24, 2.45) is 0 Å². The van der Waals surface area contributed by atoms with Gasteiger partial charge >= 0.3 is 0 Å². The van der Waals surface area contributed by atoms with E-state index < -0.39 is 10.8 Å². The van der Waals surface area contributed by atoms with Crippen LogP contribution in [0.3, 0.4) is 0 Å². The van der Waals surface area contributed by atoms with Crippen LogP contribution in [0.25, 0.3) is 11.0 Å². The first kappa shape index (κ1) is 9.99. The average Bonchev–Trinajstić information content (AvgIpc) is 2.97. The molecule has 1 aliphatic heterocycles. The maximum Gasteiger partial charge on any atom is 0.197 e. The monoisotopic (exact) mass is 235 g/mol. The number of aromatic nitrogens is 2. The Morgan fingerprint density at radius 3 is 3.00 bits per heavy atom. The first-order valence-electron chi connectivity index (χ1n) is 5.40. The van der Waals surface area contributed by atoms with Crippen molar-refractivity contribution < 1.29 is 4.21 Å². The molecular formula is C11H13N3OS. The molecular weight excluding hydrogens is 222 g/mol. The van der Waals surface area contributed by atoms with Gasteiger partial charge in [-0.2, -0.15) is 0 Å². The van der Waals surface area contributed by atoms with Crippen LogP contribution in [0, 0.1) is 0 Å². The summed E-state index contributed by atoms with van der Waals surface area (Å²) in [5, 5.41) is 4.02. The van der Waals surface area contributed by atoms with Gasteiger partial charge in [0.1, 0.15) is 0 Å². The fourth-order valence-corrected chi connectivity index (χ4v) is 3.31. The predicted octanol–water partition coefficient (Wildman–Crippen LogP) is 1.03. The molecule has 5 heteroatoms. The molecule has 0 spiro atoms. The molecule has 2 aromatic rings. The zero-order valence-corrected chi connectivity index (χ0v) is 9.59. The van der Waals surface area contributed by atoms with Gasteiger partial charge in [0.15, 0.2) is 5.16 Å². The topological polar surface area (TPSA) is 57.8 Å². The molecule has 3 rings (SSSR count). The van der Waals surface area contributed by atoms with E-state index in [0.717, 1.165) is 30.5 Å². The van der Waals surface area contributed by atoms with Crippen LogP contribution in [-0.4, -0.2) is 32.5 Å². The molecule has 2 heterocycles. The zero-order chi connectivity index (χ0) is 11.0. The molecule has 1 aromatic carbocycles.